The van der Waals surface area contributed by atoms with Crippen molar-refractivity contribution in [2.45, 2.75) is 69.0 Å². The molecule has 4 rings (SSSR count). The summed E-state index contributed by atoms with van der Waals surface area (Å²) in [5, 5.41) is 8.54. The van der Waals surface area contributed by atoms with E-state index < -0.39 is 34.5 Å². The van der Waals surface area contributed by atoms with Gasteiger partial charge in [0.15, 0.2) is 0 Å². The lowest BCUT2D eigenvalue weighted by Crippen LogP contribution is -2.57. The van der Waals surface area contributed by atoms with Crippen molar-refractivity contribution in [3.05, 3.63) is 58.6 Å². The molecule has 2 fully saturated rings. The van der Waals surface area contributed by atoms with Crippen LogP contribution < -0.4 is 20.9 Å². The number of anilines is 2. The molecular weight excluding hydrogens is 534 g/mol. The lowest BCUT2D eigenvalue weighted by molar-refractivity contribution is -0.138. The average molecular weight is 563 g/mol. The number of carbonyl (C=O) groups is 1. The van der Waals surface area contributed by atoms with E-state index in [9.17, 15) is 31.1 Å². The van der Waals surface area contributed by atoms with E-state index in [4.69, 9.17) is 11.6 Å². The highest BCUT2D eigenvalue weighted by molar-refractivity contribution is 6.31. The number of nitrogens with one attached hydrogen (secondary N) is 3. The van der Waals surface area contributed by atoms with Gasteiger partial charge in [-0.1, -0.05) is 24.4 Å². The van der Waals surface area contributed by atoms with E-state index in [0.29, 0.717) is 6.54 Å². The van der Waals surface area contributed by atoms with Gasteiger partial charge in [-0.3, -0.25) is 0 Å². The summed E-state index contributed by atoms with van der Waals surface area (Å²) in [5.74, 6) is 0. The number of halogens is 7. The first-order valence-corrected chi connectivity index (χ1v) is 12.9. The van der Waals surface area contributed by atoms with Gasteiger partial charge in [-0.2, -0.15) is 26.3 Å². The molecule has 3 unspecified atom stereocenters. The average Bonchev–Trinajstić information content (AvgIpc) is 2.85. The molecule has 2 aromatic rings. The number of alkyl halides is 6. The Hall–Kier alpha value is -2.66. The molecular formula is C26H29ClF6N4O. The third kappa shape index (κ3) is 7.25. The Kier molecular flexibility index (Phi) is 8.66. The molecule has 1 saturated carbocycles. The maximum Gasteiger partial charge on any atom is 0.417 e. The molecule has 0 spiro atoms. The number of hydrogen-bond acceptors (Lipinski definition) is 3. The number of hydrogen-bond donors (Lipinski definition) is 3. The van der Waals surface area contributed by atoms with Crippen LogP contribution in [0.25, 0.3) is 0 Å². The summed E-state index contributed by atoms with van der Waals surface area (Å²) in [5.41, 5.74) is -0.998. The molecule has 0 bridgehead atoms. The Morgan fingerprint density at radius 1 is 0.868 bits per heavy atom. The SMILES string of the molecule is O=C(Nc1ccc(Cl)c(C(F)(F)F)c1)NC1CCCCC1NC1CCCN(c2ccc(C(F)(F)F)cc2)C1. The number of benzene rings is 2. The van der Waals surface area contributed by atoms with Gasteiger partial charge < -0.3 is 20.9 Å². The van der Waals surface area contributed by atoms with Gasteiger partial charge in [0.25, 0.3) is 0 Å². The largest absolute Gasteiger partial charge is 0.417 e. The molecule has 1 saturated heterocycles. The van der Waals surface area contributed by atoms with Gasteiger partial charge in [0.2, 0.25) is 0 Å². The molecule has 1 aliphatic heterocycles. The van der Waals surface area contributed by atoms with Crippen LogP contribution in [0.4, 0.5) is 42.5 Å². The van der Waals surface area contributed by atoms with Crippen LogP contribution in [0.3, 0.4) is 0 Å². The molecule has 208 valence electrons. The molecule has 1 heterocycles. The number of rotatable bonds is 5. The van der Waals surface area contributed by atoms with Crippen molar-refractivity contribution in [2.75, 3.05) is 23.3 Å². The molecule has 2 amide bonds. The molecule has 12 heteroatoms. The summed E-state index contributed by atoms with van der Waals surface area (Å²) in [7, 11) is 0. The minimum Gasteiger partial charge on any atom is -0.370 e. The summed E-state index contributed by atoms with van der Waals surface area (Å²) in [4.78, 5) is 14.7. The molecule has 3 atom stereocenters. The van der Waals surface area contributed by atoms with Gasteiger partial charge in [0, 0.05) is 42.6 Å². The zero-order valence-electron chi connectivity index (χ0n) is 20.4. The Morgan fingerprint density at radius 2 is 1.55 bits per heavy atom. The Balaban J connectivity index is 1.35. The number of amides is 2. The maximum absolute atomic E-state index is 13.1. The first-order valence-electron chi connectivity index (χ1n) is 12.5. The Labute approximate surface area is 221 Å². The molecule has 5 nitrogen and oxygen atoms in total. The number of carbonyl (C=O) groups excluding carboxylic acids is 1. The number of piperidine rings is 1. The predicted molar refractivity (Wildman–Crippen MR) is 134 cm³/mol. The summed E-state index contributed by atoms with van der Waals surface area (Å²) in [6.45, 7) is 1.35. The number of urea groups is 1. The fourth-order valence-electron chi connectivity index (χ4n) is 5.17. The highest BCUT2D eigenvalue weighted by Gasteiger charge is 2.34. The topological polar surface area (TPSA) is 56.4 Å². The highest BCUT2D eigenvalue weighted by atomic mass is 35.5. The van der Waals surface area contributed by atoms with Crippen molar-refractivity contribution in [3.63, 3.8) is 0 Å². The minimum atomic E-state index is -4.64. The Bertz CT molecular complexity index is 1110. The first kappa shape index (κ1) is 28.4. The molecule has 0 radical (unpaired) electrons. The predicted octanol–water partition coefficient (Wildman–Crippen LogP) is 7.07. The van der Waals surface area contributed by atoms with Crippen molar-refractivity contribution in [3.8, 4) is 0 Å². The smallest absolute Gasteiger partial charge is 0.370 e. The number of nitrogens with zero attached hydrogens (tertiary/aromatic N) is 1. The van der Waals surface area contributed by atoms with E-state index >= 15 is 0 Å². The van der Waals surface area contributed by atoms with Crippen molar-refractivity contribution in [1.29, 1.82) is 0 Å². The van der Waals surface area contributed by atoms with Gasteiger partial charge in [-0.15, -0.1) is 0 Å². The van der Waals surface area contributed by atoms with E-state index in [2.05, 4.69) is 20.9 Å². The fourth-order valence-corrected chi connectivity index (χ4v) is 5.40. The summed E-state index contributed by atoms with van der Waals surface area (Å²) in [6.07, 6.45) is -3.86. The van der Waals surface area contributed by atoms with Gasteiger partial charge in [0.1, 0.15) is 0 Å². The van der Waals surface area contributed by atoms with Crippen LogP contribution in [-0.4, -0.2) is 37.2 Å². The van der Waals surface area contributed by atoms with Gasteiger partial charge in [-0.25, -0.2) is 4.79 Å². The molecule has 38 heavy (non-hydrogen) atoms. The lowest BCUT2D eigenvalue weighted by atomic mass is 9.89. The lowest BCUT2D eigenvalue weighted by Gasteiger charge is -2.40. The van der Waals surface area contributed by atoms with Crippen LogP contribution in [0.15, 0.2) is 42.5 Å². The van der Waals surface area contributed by atoms with Crippen LogP contribution >= 0.6 is 11.6 Å². The fraction of sp³-hybridized carbons (Fsp3) is 0.500. The highest BCUT2D eigenvalue weighted by Crippen LogP contribution is 2.36. The monoisotopic (exact) mass is 562 g/mol. The third-order valence-electron chi connectivity index (χ3n) is 7.04. The second-order valence-corrected chi connectivity index (χ2v) is 10.2. The zero-order chi connectivity index (χ0) is 27.5. The summed E-state index contributed by atoms with van der Waals surface area (Å²) in [6, 6.07) is 7.57. The van der Waals surface area contributed by atoms with Crippen LogP contribution in [0.1, 0.15) is 49.7 Å². The van der Waals surface area contributed by atoms with Gasteiger partial charge in [-0.05, 0) is 68.1 Å². The van der Waals surface area contributed by atoms with E-state index in [1.165, 1.54) is 18.2 Å². The quantitative estimate of drug-likeness (QED) is 0.342. The summed E-state index contributed by atoms with van der Waals surface area (Å²) < 4.78 is 78.1. The standard InChI is InChI=1S/C26H29ClF6N4O/c27-21-12-9-17(14-20(21)26(31,32)33)35-24(38)36-23-6-2-1-5-22(23)34-18-4-3-13-37(15-18)19-10-7-16(8-11-19)25(28,29)30/h7-12,14,18,22-23,34H,1-6,13,15H2,(H2,35,36,38). The van der Waals surface area contributed by atoms with E-state index in [-0.39, 0.29) is 23.8 Å². The second kappa shape index (κ2) is 11.6. The minimum absolute atomic E-state index is 0.0148. The van der Waals surface area contributed by atoms with Gasteiger partial charge in [0.05, 0.1) is 16.1 Å². The normalized spacial score (nSPS) is 22.7. The van der Waals surface area contributed by atoms with Crippen molar-refractivity contribution >= 4 is 29.0 Å². The molecule has 1 aliphatic carbocycles. The Morgan fingerprint density at radius 3 is 2.21 bits per heavy atom. The van der Waals surface area contributed by atoms with E-state index in [1.807, 2.05) is 0 Å². The second-order valence-electron chi connectivity index (χ2n) is 9.78. The third-order valence-corrected chi connectivity index (χ3v) is 7.37. The van der Waals surface area contributed by atoms with Crippen LogP contribution in [0.2, 0.25) is 5.02 Å². The van der Waals surface area contributed by atoms with Crippen molar-refractivity contribution in [1.82, 2.24) is 10.6 Å². The first-order chi connectivity index (χ1) is 17.9. The van der Waals surface area contributed by atoms with E-state index in [1.54, 1.807) is 0 Å². The van der Waals surface area contributed by atoms with Crippen LogP contribution in [0, 0.1) is 0 Å². The van der Waals surface area contributed by atoms with Crippen LogP contribution in [0.5, 0.6) is 0 Å². The molecule has 2 aliphatic rings. The molecule has 0 aromatic heterocycles. The molecule has 2 aromatic carbocycles. The zero-order valence-corrected chi connectivity index (χ0v) is 21.2. The van der Waals surface area contributed by atoms with Crippen molar-refractivity contribution < 1.29 is 31.1 Å². The van der Waals surface area contributed by atoms with E-state index in [0.717, 1.165) is 75.0 Å². The van der Waals surface area contributed by atoms with Crippen LogP contribution in [-0.2, 0) is 12.4 Å². The maximum atomic E-state index is 13.1. The van der Waals surface area contributed by atoms with Crippen molar-refractivity contribution in [2.24, 2.45) is 0 Å². The summed E-state index contributed by atoms with van der Waals surface area (Å²) >= 11 is 5.65. The molecule has 3 N–H and O–H groups in total. The van der Waals surface area contributed by atoms with Gasteiger partial charge >= 0.3 is 18.4 Å².